The Morgan fingerprint density at radius 1 is 1.25 bits per heavy atom. The maximum absolute atomic E-state index is 12.7. The molecule has 3 aromatic rings. The van der Waals surface area contributed by atoms with Crippen molar-refractivity contribution in [2.24, 2.45) is 0 Å². The quantitative estimate of drug-likeness (QED) is 0.494. The molecule has 2 aliphatic heterocycles. The summed E-state index contributed by atoms with van der Waals surface area (Å²) in [6.45, 7) is 3.41. The zero-order valence-electron chi connectivity index (χ0n) is 18.1. The minimum Gasteiger partial charge on any atom is -0.460 e. The molecule has 162 valence electrons. The van der Waals surface area contributed by atoms with E-state index in [4.69, 9.17) is 4.42 Å². The molecule has 0 unspecified atom stereocenters. The zero-order valence-corrected chi connectivity index (χ0v) is 18.1. The molecule has 0 fully saturated rings. The number of rotatable bonds is 4. The van der Waals surface area contributed by atoms with Gasteiger partial charge in [0.25, 0.3) is 0 Å². The zero-order chi connectivity index (χ0) is 22.1. The van der Waals surface area contributed by atoms with E-state index in [1.165, 1.54) is 16.5 Å². The molecule has 6 heteroatoms. The summed E-state index contributed by atoms with van der Waals surface area (Å²) < 4.78 is 6.05. The van der Waals surface area contributed by atoms with Gasteiger partial charge in [-0.15, -0.1) is 0 Å². The Bertz CT molecular complexity index is 1270. The molecule has 0 atom stereocenters. The van der Waals surface area contributed by atoms with Gasteiger partial charge in [0, 0.05) is 43.6 Å². The first kappa shape index (κ1) is 20.2. The molecule has 0 saturated carbocycles. The van der Waals surface area contributed by atoms with Gasteiger partial charge in [-0.2, -0.15) is 0 Å². The number of aryl methyl sites for hydroxylation is 2. The number of furan rings is 1. The molecule has 1 N–H and O–H groups in total. The summed E-state index contributed by atoms with van der Waals surface area (Å²) in [4.78, 5) is 30.3. The van der Waals surface area contributed by atoms with Gasteiger partial charge in [-0.1, -0.05) is 29.8 Å². The van der Waals surface area contributed by atoms with Crippen molar-refractivity contribution in [3.8, 4) is 0 Å². The monoisotopic (exact) mass is 427 g/mol. The number of carbonyl (C=O) groups is 2. The van der Waals surface area contributed by atoms with Gasteiger partial charge in [0.05, 0.1) is 0 Å². The van der Waals surface area contributed by atoms with Crippen molar-refractivity contribution < 1.29 is 14.0 Å². The van der Waals surface area contributed by atoms with E-state index in [0.717, 1.165) is 35.3 Å². The first-order valence-corrected chi connectivity index (χ1v) is 11.0. The van der Waals surface area contributed by atoms with Crippen molar-refractivity contribution in [1.82, 2.24) is 9.88 Å². The molecule has 5 rings (SSSR count). The minimum absolute atomic E-state index is 0.00326. The van der Waals surface area contributed by atoms with E-state index in [-0.39, 0.29) is 11.8 Å². The lowest BCUT2D eigenvalue weighted by Gasteiger charge is -2.25. The second-order valence-corrected chi connectivity index (χ2v) is 8.38. The highest BCUT2D eigenvalue weighted by Gasteiger charge is 2.19. The van der Waals surface area contributed by atoms with Crippen LogP contribution in [0.2, 0.25) is 0 Å². The Hall–Kier alpha value is -3.67. The van der Waals surface area contributed by atoms with Crippen LogP contribution in [-0.4, -0.2) is 34.8 Å². The Morgan fingerprint density at radius 2 is 2.12 bits per heavy atom. The fourth-order valence-corrected chi connectivity index (χ4v) is 4.31. The van der Waals surface area contributed by atoms with E-state index in [1.54, 1.807) is 18.3 Å². The molecule has 32 heavy (non-hydrogen) atoms. The number of fused-ring (bicyclic) bond motifs is 2. The summed E-state index contributed by atoms with van der Waals surface area (Å²) in [5, 5.41) is 3.94. The average Bonchev–Trinajstić information content (AvgIpc) is 3.13. The van der Waals surface area contributed by atoms with E-state index >= 15 is 0 Å². The molecule has 0 bridgehead atoms. The smallest absolute Gasteiger partial charge is 0.246 e. The molecule has 1 aromatic carbocycles. The molecule has 6 nitrogen and oxygen atoms in total. The SMILES string of the molecule is Cc1c(CC2=CCN(C(=O)/C=C/c3cnc4c(c3)CCC(=O)N4)CC2)oc2ccccc12. The average molecular weight is 428 g/mol. The van der Waals surface area contributed by atoms with Gasteiger partial charge in [-0.05, 0) is 54.7 Å². The van der Waals surface area contributed by atoms with Gasteiger partial charge >= 0.3 is 0 Å². The molecule has 4 heterocycles. The Morgan fingerprint density at radius 3 is 2.94 bits per heavy atom. The topological polar surface area (TPSA) is 75.4 Å². The van der Waals surface area contributed by atoms with Crippen molar-refractivity contribution in [3.63, 3.8) is 0 Å². The third kappa shape index (κ3) is 4.08. The van der Waals surface area contributed by atoms with Crippen LogP contribution in [0.15, 0.2) is 58.7 Å². The van der Waals surface area contributed by atoms with E-state index in [9.17, 15) is 9.59 Å². The molecule has 2 amide bonds. The van der Waals surface area contributed by atoms with Crippen LogP contribution in [0, 0.1) is 6.92 Å². The highest BCUT2D eigenvalue weighted by Crippen LogP contribution is 2.28. The van der Waals surface area contributed by atoms with E-state index in [0.29, 0.717) is 31.7 Å². The standard InChI is InChI=1S/C26H25N3O3/c1-17-21-4-2-3-5-22(21)32-23(17)15-18-10-12-29(13-11-18)25(31)9-6-19-14-20-7-8-24(30)28-26(20)27-16-19/h2-6,9-10,14,16H,7-8,11-13,15H2,1H3,(H,27,28,30)/b9-6+. The van der Waals surface area contributed by atoms with Crippen molar-refractivity contribution in [2.75, 3.05) is 18.4 Å². The summed E-state index contributed by atoms with van der Waals surface area (Å²) in [6.07, 6.45) is 10.00. The van der Waals surface area contributed by atoms with Gasteiger partial charge < -0.3 is 14.6 Å². The number of carbonyl (C=O) groups excluding carboxylic acids is 2. The predicted molar refractivity (Wildman–Crippen MR) is 124 cm³/mol. The van der Waals surface area contributed by atoms with E-state index in [2.05, 4.69) is 29.4 Å². The lowest BCUT2D eigenvalue weighted by Crippen LogP contribution is -2.33. The van der Waals surface area contributed by atoms with E-state index in [1.807, 2.05) is 29.2 Å². The number of anilines is 1. The molecule has 0 aliphatic carbocycles. The molecule has 0 radical (unpaired) electrons. The maximum atomic E-state index is 12.7. The lowest BCUT2D eigenvalue weighted by atomic mass is 10.0. The number of pyridine rings is 1. The first-order chi connectivity index (χ1) is 15.6. The highest BCUT2D eigenvalue weighted by molar-refractivity contribution is 5.94. The second-order valence-electron chi connectivity index (χ2n) is 8.38. The normalized spacial score (nSPS) is 16.2. The summed E-state index contributed by atoms with van der Waals surface area (Å²) in [5.74, 6) is 1.62. The lowest BCUT2D eigenvalue weighted by molar-refractivity contribution is -0.125. The number of hydrogen-bond donors (Lipinski definition) is 1. The van der Waals surface area contributed by atoms with Gasteiger partial charge in [0.1, 0.15) is 17.2 Å². The van der Waals surface area contributed by atoms with E-state index < -0.39 is 0 Å². The highest BCUT2D eigenvalue weighted by atomic mass is 16.3. The van der Waals surface area contributed by atoms with Crippen LogP contribution in [0.3, 0.4) is 0 Å². The van der Waals surface area contributed by atoms with Crippen LogP contribution in [0.25, 0.3) is 17.0 Å². The molecular formula is C26H25N3O3. The number of benzene rings is 1. The Balaban J connectivity index is 1.21. The maximum Gasteiger partial charge on any atom is 0.246 e. The Labute approximate surface area is 186 Å². The van der Waals surface area contributed by atoms with Crippen molar-refractivity contribution >= 4 is 34.7 Å². The molecular weight excluding hydrogens is 402 g/mol. The summed E-state index contributed by atoms with van der Waals surface area (Å²) in [5.41, 5.74) is 5.30. The van der Waals surface area contributed by atoms with Crippen LogP contribution in [0.5, 0.6) is 0 Å². The first-order valence-electron chi connectivity index (χ1n) is 11.0. The van der Waals surface area contributed by atoms with Gasteiger partial charge in [-0.3, -0.25) is 9.59 Å². The van der Waals surface area contributed by atoms with Crippen LogP contribution in [0.4, 0.5) is 5.82 Å². The number of para-hydroxylation sites is 1. The number of nitrogens with one attached hydrogen (secondary N) is 1. The fraction of sp³-hybridized carbons (Fsp3) is 0.269. The third-order valence-electron chi connectivity index (χ3n) is 6.23. The number of hydrogen-bond acceptors (Lipinski definition) is 4. The molecule has 2 aliphatic rings. The van der Waals surface area contributed by atoms with Gasteiger partial charge in [0.2, 0.25) is 11.8 Å². The van der Waals surface area contributed by atoms with Crippen LogP contribution in [-0.2, 0) is 22.4 Å². The molecule has 0 saturated heterocycles. The fourth-order valence-electron chi connectivity index (χ4n) is 4.31. The molecule has 2 aromatic heterocycles. The van der Waals surface area contributed by atoms with Crippen molar-refractivity contribution in [2.45, 2.75) is 32.6 Å². The predicted octanol–water partition coefficient (Wildman–Crippen LogP) is 4.44. The number of aromatic nitrogens is 1. The van der Waals surface area contributed by atoms with Crippen LogP contribution >= 0.6 is 0 Å². The largest absolute Gasteiger partial charge is 0.460 e. The van der Waals surface area contributed by atoms with Crippen LogP contribution < -0.4 is 5.32 Å². The van der Waals surface area contributed by atoms with Crippen molar-refractivity contribution in [1.29, 1.82) is 0 Å². The van der Waals surface area contributed by atoms with Gasteiger partial charge in [0.15, 0.2) is 0 Å². The number of nitrogens with zero attached hydrogens (tertiary/aromatic N) is 2. The summed E-state index contributed by atoms with van der Waals surface area (Å²) >= 11 is 0. The minimum atomic E-state index is -0.00811. The number of amides is 2. The summed E-state index contributed by atoms with van der Waals surface area (Å²) in [7, 11) is 0. The second kappa shape index (κ2) is 8.46. The Kier molecular flexibility index (Phi) is 5.35. The summed E-state index contributed by atoms with van der Waals surface area (Å²) in [6, 6.07) is 10.1. The van der Waals surface area contributed by atoms with Crippen molar-refractivity contribution in [3.05, 3.63) is 76.7 Å². The molecule has 0 spiro atoms. The third-order valence-corrected chi connectivity index (χ3v) is 6.23. The van der Waals surface area contributed by atoms with Gasteiger partial charge in [-0.25, -0.2) is 4.98 Å². The van der Waals surface area contributed by atoms with Crippen LogP contribution in [0.1, 0.15) is 35.3 Å².